The van der Waals surface area contributed by atoms with E-state index in [1.165, 1.54) is 0 Å². The van der Waals surface area contributed by atoms with E-state index >= 15 is 0 Å². The number of hydrogen-bond acceptors (Lipinski definition) is 6. The molecule has 2 aromatic carbocycles. The van der Waals surface area contributed by atoms with Gasteiger partial charge in [-0.15, -0.1) is 0 Å². The predicted molar refractivity (Wildman–Crippen MR) is 118 cm³/mol. The van der Waals surface area contributed by atoms with Crippen LogP contribution in [-0.2, 0) is 14.4 Å². The number of rotatable bonds is 7. The summed E-state index contributed by atoms with van der Waals surface area (Å²) in [4.78, 5) is 49.3. The van der Waals surface area contributed by atoms with Crippen LogP contribution in [0.15, 0.2) is 47.4 Å². The van der Waals surface area contributed by atoms with Crippen molar-refractivity contribution in [2.45, 2.75) is 13.8 Å². The van der Waals surface area contributed by atoms with Gasteiger partial charge in [0.15, 0.2) is 6.61 Å². The normalized spacial score (nSPS) is 14.8. The van der Waals surface area contributed by atoms with Crippen molar-refractivity contribution < 1.29 is 23.9 Å². The van der Waals surface area contributed by atoms with Crippen molar-refractivity contribution in [3.05, 3.63) is 64.1 Å². The summed E-state index contributed by atoms with van der Waals surface area (Å²) >= 11 is 0.776. The molecule has 0 aliphatic carbocycles. The Labute approximate surface area is 183 Å². The number of nitrogens with two attached hydrogens (primary N) is 1. The van der Waals surface area contributed by atoms with E-state index in [0.29, 0.717) is 17.0 Å². The summed E-state index contributed by atoms with van der Waals surface area (Å²) in [6.07, 6.45) is 1.56. The number of carbonyl (C=O) groups excluding carboxylic acids is 4. The molecule has 0 spiro atoms. The van der Waals surface area contributed by atoms with Crippen molar-refractivity contribution in [1.82, 2.24) is 4.90 Å². The van der Waals surface area contributed by atoms with Gasteiger partial charge in [-0.05, 0) is 60.5 Å². The Kier molecular flexibility index (Phi) is 6.76. The molecule has 2 aromatic rings. The molecule has 1 fully saturated rings. The smallest absolute Gasteiger partial charge is 0.294 e. The number of thioether (sulfide) groups is 1. The second-order valence-electron chi connectivity index (χ2n) is 6.91. The molecule has 0 saturated carbocycles. The minimum Gasteiger partial charge on any atom is -0.484 e. The number of imide groups is 1. The highest BCUT2D eigenvalue weighted by Gasteiger charge is 2.36. The van der Waals surface area contributed by atoms with Gasteiger partial charge < -0.3 is 15.8 Å². The lowest BCUT2D eigenvalue weighted by Crippen LogP contribution is -2.36. The number of hydrogen-bond donors (Lipinski definition) is 2. The molecule has 1 aliphatic heterocycles. The van der Waals surface area contributed by atoms with Gasteiger partial charge in [0, 0.05) is 5.69 Å². The molecule has 4 amide bonds. The molecule has 0 unspecified atom stereocenters. The first kappa shape index (κ1) is 22.1. The Morgan fingerprint density at radius 1 is 1.10 bits per heavy atom. The lowest BCUT2D eigenvalue weighted by atomic mass is 10.1. The number of amides is 4. The summed E-state index contributed by atoms with van der Waals surface area (Å²) in [7, 11) is 0. The first-order chi connectivity index (χ1) is 14.7. The molecule has 160 valence electrons. The molecular weight excluding hydrogens is 418 g/mol. The van der Waals surface area contributed by atoms with E-state index in [0.717, 1.165) is 27.8 Å². The zero-order valence-corrected chi connectivity index (χ0v) is 17.8. The van der Waals surface area contributed by atoms with E-state index in [1.54, 1.807) is 30.3 Å². The van der Waals surface area contributed by atoms with Gasteiger partial charge in [0.05, 0.1) is 4.91 Å². The van der Waals surface area contributed by atoms with Crippen molar-refractivity contribution in [2.24, 2.45) is 5.73 Å². The van der Waals surface area contributed by atoms with Crippen molar-refractivity contribution in [3.8, 4) is 5.75 Å². The van der Waals surface area contributed by atoms with Gasteiger partial charge >= 0.3 is 0 Å². The molecule has 3 rings (SSSR count). The lowest BCUT2D eigenvalue weighted by Gasteiger charge is -2.15. The van der Waals surface area contributed by atoms with Gasteiger partial charge in [-0.3, -0.25) is 24.1 Å². The Morgan fingerprint density at radius 3 is 2.35 bits per heavy atom. The Morgan fingerprint density at radius 2 is 1.74 bits per heavy atom. The predicted octanol–water partition coefficient (Wildman–Crippen LogP) is 2.84. The van der Waals surface area contributed by atoms with Gasteiger partial charge in [0.2, 0.25) is 5.91 Å². The van der Waals surface area contributed by atoms with Crippen molar-refractivity contribution in [2.75, 3.05) is 18.5 Å². The molecule has 1 heterocycles. The van der Waals surface area contributed by atoms with Gasteiger partial charge in [-0.2, -0.15) is 0 Å². The van der Waals surface area contributed by atoms with Gasteiger partial charge in [-0.1, -0.05) is 30.3 Å². The van der Waals surface area contributed by atoms with Gasteiger partial charge in [0.25, 0.3) is 17.1 Å². The summed E-state index contributed by atoms with van der Waals surface area (Å²) in [6, 6.07) is 12.2. The maximum Gasteiger partial charge on any atom is 0.294 e. The average molecular weight is 439 g/mol. The third-order valence-electron chi connectivity index (χ3n) is 4.48. The van der Waals surface area contributed by atoms with Gasteiger partial charge in [0.1, 0.15) is 12.3 Å². The van der Waals surface area contributed by atoms with E-state index in [2.05, 4.69) is 5.32 Å². The number of carbonyl (C=O) groups is 4. The minimum absolute atomic E-state index is 0.218. The highest BCUT2D eigenvalue weighted by molar-refractivity contribution is 8.18. The second kappa shape index (κ2) is 9.48. The fourth-order valence-corrected chi connectivity index (χ4v) is 3.77. The molecular formula is C22H21N3O5S. The number of para-hydroxylation sites is 1. The summed E-state index contributed by atoms with van der Waals surface area (Å²) in [6.45, 7) is 3.14. The van der Waals surface area contributed by atoms with Crippen LogP contribution in [0.3, 0.4) is 0 Å². The first-order valence-corrected chi connectivity index (χ1v) is 10.2. The van der Waals surface area contributed by atoms with E-state index in [4.69, 9.17) is 10.5 Å². The molecule has 3 N–H and O–H groups in total. The van der Waals surface area contributed by atoms with Crippen LogP contribution in [-0.4, -0.2) is 41.0 Å². The third-order valence-corrected chi connectivity index (χ3v) is 5.39. The molecule has 0 aromatic heterocycles. The molecule has 9 heteroatoms. The number of aryl methyl sites for hydroxylation is 2. The van der Waals surface area contributed by atoms with E-state index < -0.39 is 23.0 Å². The fraction of sp³-hybridized carbons (Fsp3) is 0.182. The molecule has 8 nitrogen and oxygen atoms in total. The number of primary amides is 1. The molecule has 1 aliphatic rings. The zero-order chi connectivity index (χ0) is 22.5. The standard InChI is InChI=1S/C22H21N3O5S/c1-13-4-3-5-14(2)20(13)24-19(27)11-25-21(28)17(31-22(25)29)10-15-6-8-16(9-7-15)30-12-18(23)26/h3-10H,11-12H2,1-2H3,(H2,23,26)(H,24,27)/b17-10-. The Hall–Kier alpha value is -3.59. The third kappa shape index (κ3) is 5.52. The van der Waals surface area contributed by atoms with Gasteiger partial charge in [-0.25, -0.2) is 0 Å². The zero-order valence-electron chi connectivity index (χ0n) is 17.0. The summed E-state index contributed by atoms with van der Waals surface area (Å²) < 4.78 is 5.18. The first-order valence-electron chi connectivity index (χ1n) is 9.37. The number of anilines is 1. The molecule has 0 bridgehead atoms. The maximum atomic E-state index is 12.6. The van der Waals surface area contributed by atoms with Crippen molar-refractivity contribution in [1.29, 1.82) is 0 Å². The highest BCUT2D eigenvalue weighted by atomic mass is 32.2. The Bertz CT molecular complexity index is 1060. The van der Waals surface area contributed by atoms with Crippen LogP contribution in [0.25, 0.3) is 6.08 Å². The van der Waals surface area contributed by atoms with Crippen LogP contribution in [0.2, 0.25) is 0 Å². The summed E-state index contributed by atoms with van der Waals surface area (Å²) in [5.74, 6) is -1.11. The van der Waals surface area contributed by atoms with Crippen LogP contribution in [0, 0.1) is 13.8 Å². The Balaban J connectivity index is 1.66. The van der Waals surface area contributed by atoms with Crippen molar-refractivity contribution >= 4 is 46.5 Å². The van der Waals surface area contributed by atoms with Crippen LogP contribution in [0.5, 0.6) is 5.75 Å². The van der Waals surface area contributed by atoms with Crippen LogP contribution in [0.1, 0.15) is 16.7 Å². The summed E-state index contributed by atoms with van der Waals surface area (Å²) in [5.41, 5.74) is 8.16. The largest absolute Gasteiger partial charge is 0.484 e. The fourth-order valence-electron chi connectivity index (χ4n) is 2.94. The van der Waals surface area contributed by atoms with Crippen LogP contribution >= 0.6 is 11.8 Å². The second-order valence-corrected chi connectivity index (χ2v) is 7.90. The van der Waals surface area contributed by atoms with Crippen molar-refractivity contribution in [3.63, 3.8) is 0 Å². The quantitative estimate of drug-likeness (QED) is 0.641. The molecule has 0 radical (unpaired) electrons. The topological polar surface area (TPSA) is 119 Å². The maximum absolute atomic E-state index is 12.6. The molecule has 0 atom stereocenters. The van der Waals surface area contributed by atoms with Crippen LogP contribution < -0.4 is 15.8 Å². The minimum atomic E-state index is -0.584. The summed E-state index contributed by atoms with van der Waals surface area (Å²) in [5, 5.41) is 2.27. The lowest BCUT2D eigenvalue weighted by molar-refractivity contribution is -0.127. The number of nitrogens with zero attached hydrogens (tertiary/aromatic N) is 1. The van der Waals surface area contributed by atoms with E-state index in [9.17, 15) is 19.2 Å². The highest BCUT2D eigenvalue weighted by Crippen LogP contribution is 2.32. The van der Waals surface area contributed by atoms with E-state index in [-0.39, 0.29) is 18.1 Å². The molecule has 1 saturated heterocycles. The molecule has 31 heavy (non-hydrogen) atoms. The van der Waals surface area contributed by atoms with Crippen LogP contribution in [0.4, 0.5) is 10.5 Å². The number of benzene rings is 2. The number of nitrogens with one attached hydrogen (secondary N) is 1. The SMILES string of the molecule is Cc1cccc(C)c1NC(=O)CN1C(=O)S/C(=C\c2ccc(OCC(N)=O)cc2)C1=O. The average Bonchev–Trinajstić information content (AvgIpc) is 2.97. The van der Waals surface area contributed by atoms with E-state index in [1.807, 2.05) is 32.0 Å². The monoisotopic (exact) mass is 439 g/mol. The number of ether oxygens (including phenoxy) is 1.